The van der Waals surface area contributed by atoms with Crippen molar-refractivity contribution in [3.05, 3.63) is 5.01 Å². The number of nitrogens with zero attached hydrogens (tertiary/aromatic N) is 2. The second-order valence-electron chi connectivity index (χ2n) is 5.64. The molecule has 7 nitrogen and oxygen atoms in total. The molecule has 21 heavy (non-hydrogen) atoms. The molecule has 1 aliphatic rings. The molecule has 1 atom stereocenters. The molecule has 0 spiro atoms. The molecule has 8 heteroatoms. The summed E-state index contributed by atoms with van der Waals surface area (Å²) in [6.07, 6.45) is 1.60. The summed E-state index contributed by atoms with van der Waals surface area (Å²) in [4.78, 5) is 11.7. The molecule has 0 bridgehead atoms. The third-order valence-electron chi connectivity index (χ3n) is 2.85. The highest BCUT2D eigenvalue weighted by atomic mass is 32.1. The average molecular weight is 314 g/mol. The minimum atomic E-state index is -0.717. The summed E-state index contributed by atoms with van der Waals surface area (Å²) in [6, 6.07) is -0.392. The first kappa shape index (κ1) is 16.1. The molecular weight excluding hydrogens is 292 g/mol. The first-order valence-electron chi connectivity index (χ1n) is 7.18. The van der Waals surface area contributed by atoms with E-state index in [0.717, 1.165) is 17.8 Å². The molecule has 1 fully saturated rings. The standard InChI is InChI=1S/C13H22N4O3S/c1-8(2)6-20-7-10(18)5-14-12(19)15-13-17-16-11(21-13)9-3-4-9/h8-10,18H,3-7H2,1-2H3,(H2,14,15,17,19). The van der Waals surface area contributed by atoms with Crippen LogP contribution in [0.5, 0.6) is 0 Å². The van der Waals surface area contributed by atoms with E-state index in [1.54, 1.807) is 0 Å². The van der Waals surface area contributed by atoms with E-state index < -0.39 is 12.1 Å². The monoisotopic (exact) mass is 314 g/mol. The SMILES string of the molecule is CC(C)COCC(O)CNC(=O)Nc1nnc(C2CC2)s1. The van der Waals surface area contributed by atoms with Crippen molar-refractivity contribution in [2.75, 3.05) is 25.1 Å². The maximum absolute atomic E-state index is 11.7. The van der Waals surface area contributed by atoms with Gasteiger partial charge in [-0.25, -0.2) is 4.79 Å². The summed E-state index contributed by atoms with van der Waals surface area (Å²) in [5.74, 6) is 0.951. The van der Waals surface area contributed by atoms with E-state index in [1.165, 1.54) is 11.3 Å². The van der Waals surface area contributed by atoms with Crippen molar-refractivity contribution in [2.45, 2.75) is 38.7 Å². The molecule has 2 amide bonds. The number of nitrogens with one attached hydrogen (secondary N) is 2. The Morgan fingerprint density at radius 1 is 1.43 bits per heavy atom. The van der Waals surface area contributed by atoms with Gasteiger partial charge in [0.05, 0.1) is 12.7 Å². The molecule has 1 aromatic heterocycles. The van der Waals surface area contributed by atoms with Crippen LogP contribution in [-0.4, -0.2) is 47.2 Å². The van der Waals surface area contributed by atoms with Crippen molar-refractivity contribution in [3.8, 4) is 0 Å². The van der Waals surface area contributed by atoms with Gasteiger partial charge in [-0.1, -0.05) is 25.2 Å². The number of ether oxygens (including phenoxy) is 1. The number of aliphatic hydroxyl groups is 1. The van der Waals surface area contributed by atoms with Gasteiger partial charge >= 0.3 is 6.03 Å². The number of aromatic nitrogens is 2. The lowest BCUT2D eigenvalue weighted by atomic mass is 10.2. The Balaban J connectivity index is 1.62. The lowest BCUT2D eigenvalue weighted by Gasteiger charge is -2.13. The average Bonchev–Trinajstić information content (AvgIpc) is 3.17. The van der Waals surface area contributed by atoms with E-state index in [0.29, 0.717) is 23.6 Å². The molecule has 1 heterocycles. The van der Waals surface area contributed by atoms with E-state index >= 15 is 0 Å². The van der Waals surface area contributed by atoms with Crippen LogP contribution in [0.1, 0.15) is 37.6 Å². The molecule has 2 rings (SSSR count). The largest absolute Gasteiger partial charge is 0.389 e. The fourth-order valence-corrected chi connectivity index (χ4v) is 2.54. The summed E-state index contributed by atoms with van der Waals surface area (Å²) >= 11 is 1.40. The molecule has 0 aromatic carbocycles. The molecule has 0 radical (unpaired) electrons. The van der Waals surface area contributed by atoms with Crippen molar-refractivity contribution in [3.63, 3.8) is 0 Å². The maximum atomic E-state index is 11.7. The highest BCUT2D eigenvalue weighted by molar-refractivity contribution is 7.15. The van der Waals surface area contributed by atoms with Crippen LogP contribution in [0.2, 0.25) is 0 Å². The van der Waals surface area contributed by atoms with E-state index in [9.17, 15) is 9.90 Å². The summed E-state index contributed by atoms with van der Waals surface area (Å²) in [6.45, 7) is 5.02. The van der Waals surface area contributed by atoms with Gasteiger partial charge in [0.2, 0.25) is 5.13 Å². The smallest absolute Gasteiger partial charge is 0.321 e. The predicted molar refractivity (Wildman–Crippen MR) is 80.6 cm³/mol. The summed E-state index contributed by atoms with van der Waals surface area (Å²) in [5.41, 5.74) is 0. The van der Waals surface area contributed by atoms with E-state index in [2.05, 4.69) is 20.8 Å². The van der Waals surface area contributed by atoms with Crippen molar-refractivity contribution < 1.29 is 14.6 Å². The van der Waals surface area contributed by atoms with Gasteiger partial charge in [-0.05, 0) is 18.8 Å². The van der Waals surface area contributed by atoms with Gasteiger partial charge < -0.3 is 15.2 Å². The number of hydrogen-bond donors (Lipinski definition) is 3. The zero-order chi connectivity index (χ0) is 15.2. The normalized spacial score (nSPS) is 16.0. The van der Waals surface area contributed by atoms with Crippen LogP contribution in [0.15, 0.2) is 0 Å². The Morgan fingerprint density at radius 2 is 2.19 bits per heavy atom. The topological polar surface area (TPSA) is 96.4 Å². The Bertz CT molecular complexity index is 462. The first-order chi connectivity index (χ1) is 10.0. The van der Waals surface area contributed by atoms with Crippen molar-refractivity contribution >= 4 is 22.5 Å². The summed E-state index contributed by atoms with van der Waals surface area (Å²) < 4.78 is 5.30. The number of rotatable bonds is 8. The highest BCUT2D eigenvalue weighted by Crippen LogP contribution is 2.41. The highest BCUT2D eigenvalue weighted by Gasteiger charge is 2.27. The zero-order valence-corrected chi connectivity index (χ0v) is 13.2. The molecular formula is C13H22N4O3S. The van der Waals surface area contributed by atoms with Crippen LogP contribution in [0.3, 0.4) is 0 Å². The first-order valence-corrected chi connectivity index (χ1v) is 8.00. The van der Waals surface area contributed by atoms with E-state index in [1.807, 2.05) is 13.8 Å². The number of amides is 2. The fraction of sp³-hybridized carbons (Fsp3) is 0.769. The minimum absolute atomic E-state index is 0.137. The zero-order valence-electron chi connectivity index (χ0n) is 12.3. The summed E-state index contributed by atoms with van der Waals surface area (Å²) in [7, 11) is 0. The number of carbonyl (C=O) groups is 1. The molecule has 118 valence electrons. The van der Waals surface area contributed by atoms with Crippen molar-refractivity contribution in [2.24, 2.45) is 5.92 Å². The lowest BCUT2D eigenvalue weighted by Crippen LogP contribution is -2.37. The lowest BCUT2D eigenvalue weighted by molar-refractivity contribution is 0.0274. The Labute approximate surface area is 128 Å². The second kappa shape index (κ2) is 7.67. The van der Waals surface area contributed by atoms with Gasteiger partial charge in [-0.3, -0.25) is 5.32 Å². The Morgan fingerprint density at radius 3 is 2.86 bits per heavy atom. The molecule has 1 saturated carbocycles. The Kier molecular flexibility index (Phi) is 5.89. The minimum Gasteiger partial charge on any atom is -0.389 e. The number of hydrogen-bond acceptors (Lipinski definition) is 6. The molecule has 3 N–H and O–H groups in total. The van der Waals surface area contributed by atoms with Gasteiger partial charge in [-0.15, -0.1) is 10.2 Å². The number of anilines is 1. The number of carbonyl (C=O) groups excluding carboxylic acids is 1. The molecule has 1 unspecified atom stereocenters. The molecule has 0 saturated heterocycles. The molecule has 1 aromatic rings. The number of aliphatic hydroxyl groups excluding tert-OH is 1. The van der Waals surface area contributed by atoms with Gasteiger partial charge in [0.15, 0.2) is 0 Å². The quantitative estimate of drug-likeness (QED) is 0.677. The second-order valence-corrected chi connectivity index (χ2v) is 6.65. The molecule has 0 aliphatic heterocycles. The Hall–Kier alpha value is -1.25. The van der Waals surface area contributed by atoms with Gasteiger partial charge in [0, 0.05) is 19.1 Å². The van der Waals surface area contributed by atoms with Crippen molar-refractivity contribution in [1.29, 1.82) is 0 Å². The maximum Gasteiger partial charge on any atom is 0.321 e. The third-order valence-corrected chi connectivity index (χ3v) is 3.85. The molecule has 1 aliphatic carbocycles. The van der Waals surface area contributed by atoms with Crippen LogP contribution < -0.4 is 10.6 Å². The van der Waals surface area contributed by atoms with Gasteiger partial charge in [0.1, 0.15) is 5.01 Å². The third kappa shape index (κ3) is 5.94. The van der Waals surface area contributed by atoms with Crippen LogP contribution in [0.25, 0.3) is 0 Å². The van der Waals surface area contributed by atoms with Gasteiger partial charge in [0.25, 0.3) is 0 Å². The van der Waals surface area contributed by atoms with Crippen LogP contribution >= 0.6 is 11.3 Å². The predicted octanol–water partition coefficient (Wildman–Crippen LogP) is 1.57. The van der Waals surface area contributed by atoms with Crippen LogP contribution in [-0.2, 0) is 4.74 Å². The van der Waals surface area contributed by atoms with Gasteiger partial charge in [-0.2, -0.15) is 0 Å². The van der Waals surface area contributed by atoms with Crippen molar-refractivity contribution in [1.82, 2.24) is 15.5 Å². The summed E-state index contributed by atoms with van der Waals surface area (Å²) in [5, 5.41) is 24.3. The van der Waals surface area contributed by atoms with Crippen LogP contribution in [0.4, 0.5) is 9.93 Å². The fourth-order valence-electron chi connectivity index (χ4n) is 1.63. The van der Waals surface area contributed by atoms with Crippen LogP contribution in [0, 0.1) is 5.92 Å². The van der Waals surface area contributed by atoms with E-state index in [4.69, 9.17) is 4.74 Å². The number of urea groups is 1. The van der Waals surface area contributed by atoms with E-state index in [-0.39, 0.29) is 13.2 Å².